The first-order valence-corrected chi connectivity index (χ1v) is 10.6. The third kappa shape index (κ3) is 4.82. The Bertz CT molecular complexity index is 987. The van der Waals surface area contributed by atoms with Gasteiger partial charge in [0, 0.05) is 11.6 Å². The minimum atomic E-state index is 0.324. The Morgan fingerprint density at radius 2 is 1.74 bits per heavy atom. The van der Waals surface area contributed by atoms with Gasteiger partial charge in [0.15, 0.2) is 11.5 Å². The van der Waals surface area contributed by atoms with Crippen molar-refractivity contribution in [3.05, 3.63) is 53.9 Å². The van der Waals surface area contributed by atoms with Crippen LogP contribution >= 0.6 is 0 Å². The minimum absolute atomic E-state index is 0.324. The first-order valence-electron chi connectivity index (χ1n) is 10.6. The van der Waals surface area contributed by atoms with Crippen molar-refractivity contribution in [2.24, 2.45) is 0 Å². The van der Waals surface area contributed by atoms with Crippen molar-refractivity contribution in [3.8, 4) is 28.6 Å². The van der Waals surface area contributed by atoms with Crippen LogP contribution in [0.3, 0.4) is 0 Å². The predicted octanol–water partition coefficient (Wildman–Crippen LogP) is 4.88. The van der Waals surface area contributed by atoms with Crippen LogP contribution in [0.5, 0.6) is 17.2 Å². The minimum Gasteiger partial charge on any atom is -0.497 e. The standard InChI is InChI=1S/C24H29N3O4/c1-28-19-11-8-17(9-12-19)20-7-5-4-6-14-27(20)16-23-25-24(26-31-23)18-10-13-21(29-2)22(15-18)30-3/h8-13,15,20H,4-7,14,16H2,1-3H3/t20-/m0/s1. The summed E-state index contributed by atoms with van der Waals surface area (Å²) in [6, 6.07) is 14.3. The van der Waals surface area contributed by atoms with Crippen LogP contribution in [0.1, 0.15) is 43.2 Å². The van der Waals surface area contributed by atoms with E-state index in [-0.39, 0.29) is 0 Å². The molecule has 4 rings (SSSR count). The van der Waals surface area contributed by atoms with Crippen molar-refractivity contribution >= 4 is 0 Å². The average molecular weight is 424 g/mol. The van der Waals surface area contributed by atoms with Crippen LogP contribution in [-0.2, 0) is 6.54 Å². The fraction of sp³-hybridized carbons (Fsp3) is 0.417. The molecule has 2 heterocycles. The fourth-order valence-corrected chi connectivity index (χ4v) is 4.15. The maximum absolute atomic E-state index is 5.62. The Labute approximate surface area is 182 Å². The van der Waals surface area contributed by atoms with Gasteiger partial charge in [-0.1, -0.05) is 30.1 Å². The van der Waals surface area contributed by atoms with Gasteiger partial charge in [0.2, 0.25) is 11.7 Å². The molecule has 1 aliphatic heterocycles. The number of likely N-dealkylation sites (tertiary alicyclic amines) is 1. The lowest BCUT2D eigenvalue weighted by molar-refractivity contribution is 0.168. The Morgan fingerprint density at radius 3 is 2.48 bits per heavy atom. The van der Waals surface area contributed by atoms with E-state index in [2.05, 4.69) is 27.2 Å². The van der Waals surface area contributed by atoms with E-state index in [4.69, 9.17) is 18.7 Å². The van der Waals surface area contributed by atoms with Crippen molar-refractivity contribution in [1.82, 2.24) is 15.0 Å². The highest BCUT2D eigenvalue weighted by Crippen LogP contribution is 2.33. The van der Waals surface area contributed by atoms with Crippen molar-refractivity contribution in [2.75, 3.05) is 27.9 Å². The van der Waals surface area contributed by atoms with E-state index in [1.165, 1.54) is 24.8 Å². The second-order valence-electron chi connectivity index (χ2n) is 7.69. The molecule has 0 bridgehead atoms. The normalized spacial score (nSPS) is 17.2. The Hall–Kier alpha value is -3.06. The van der Waals surface area contributed by atoms with Crippen LogP contribution in [0.4, 0.5) is 0 Å². The highest BCUT2D eigenvalue weighted by molar-refractivity contribution is 5.60. The first-order chi connectivity index (χ1) is 15.2. The van der Waals surface area contributed by atoms with Crippen LogP contribution in [0.25, 0.3) is 11.4 Å². The maximum atomic E-state index is 5.62. The molecule has 1 aromatic heterocycles. The molecule has 0 unspecified atom stereocenters. The van der Waals surface area contributed by atoms with Crippen LogP contribution in [0, 0.1) is 0 Å². The summed E-state index contributed by atoms with van der Waals surface area (Å²) in [5, 5.41) is 4.20. The van der Waals surface area contributed by atoms with Gasteiger partial charge in [0.1, 0.15) is 5.75 Å². The smallest absolute Gasteiger partial charge is 0.241 e. The quantitative estimate of drug-likeness (QED) is 0.536. The van der Waals surface area contributed by atoms with E-state index in [0.29, 0.717) is 35.8 Å². The van der Waals surface area contributed by atoms with Crippen molar-refractivity contribution < 1.29 is 18.7 Å². The summed E-state index contributed by atoms with van der Waals surface area (Å²) in [6.07, 6.45) is 4.74. The number of ether oxygens (including phenoxy) is 3. The van der Waals surface area contributed by atoms with Crippen molar-refractivity contribution in [3.63, 3.8) is 0 Å². The zero-order chi connectivity index (χ0) is 21.6. The molecular formula is C24H29N3O4. The summed E-state index contributed by atoms with van der Waals surface area (Å²) in [4.78, 5) is 7.10. The molecular weight excluding hydrogens is 394 g/mol. The van der Waals surface area contributed by atoms with Gasteiger partial charge in [-0.3, -0.25) is 4.90 Å². The number of hydrogen-bond donors (Lipinski definition) is 0. The van der Waals surface area contributed by atoms with Gasteiger partial charge >= 0.3 is 0 Å². The van der Waals surface area contributed by atoms with E-state index in [0.717, 1.165) is 24.3 Å². The maximum Gasteiger partial charge on any atom is 0.241 e. The molecule has 0 radical (unpaired) electrons. The van der Waals surface area contributed by atoms with Gasteiger partial charge in [0.25, 0.3) is 0 Å². The molecule has 0 amide bonds. The highest BCUT2D eigenvalue weighted by atomic mass is 16.5. The van der Waals surface area contributed by atoms with Crippen LogP contribution in [0.2, 0.25) is 0 Å². The van der Waals surface area contributed by atoms with E-state index < -0.39 is 0 Å². The topological polar surface area (TPSA) is 69.9 Å². The second kappa shape index (κ2) is 9.83. The largest absolute Gasteiger partial charge is 0.497 e. The summed E-state index contributed by atoms with van der Waals surface area (Å²) in [5.41, 5.74) is 2.12. The Balaban J connectivity index is 1.54. The predicted molar refractivity (Wildman–Crippen MR) is 117 cm³/mol. The van der Waals surface area contributed by atoms with E-state index in [1.807, 2.05) is 30.3 Å². The fourth-order valence-electron chi connectivity index (χ4n) is 4.15. The number of aromatic nitrogens is 2. The van der Waals surface area contributed by atoms with Gasteiger partial charge in [-0.2, -0.15) is 4.98 Å². The van der Waals surface area contributed by atoms with Gasteiger partial charge in [-0.05, 0) is 55.3 Å². The lowest BCUT2D eigenvalue weighted by Crippen LogP contribution is -2.28. The molecule has 2 aromatic carbocycles. The molecule has 0 aliphatic carbocycles. The number of hydrogen-bond acceptors (Lipinski definition) is 7. The Morgan fingerprint density at radius 1 is 0.935 bits per heavy atom. The van der Waals surface area contributed by atoms with Crippen LogP contribution in [0.15, 0.2) is 47.0 Å². The average Bonchev–Trinajstić information content (AvgIpc) is 3.16. The van der Waals surface area contributed by atoms with Crippen LogP contribution < -0.4 is 14.2 Å². The molecule has 0 saturated carbocycles. The highest BCUT2D eigenvalue weighted by Gasteiger charge is 2.25. The van der Waals surface area contributed by atoms with Crippen molar-refractivity contribution in [2.45, 2.75) is 38.3 Å². The zero-order valence-corrected chi connectivity index (χ0v) is 18.3. The lowest BCUT2D eigenvalue weighted by Gasteiger charge is -2.29. The monoisotopic (exact) mass is 423 g/mol. The number of benzene rings is 2. The molecule has 164 valence electrons. The van der Waals surface area contributed by atoms with Gasteiger partial charge in [-0.25, -0.2) is 0 Å². The molecule has 1 atom stereocenters. The third-order valence-corrected chi connectivity index (χ3v) is 5.81. The Kier molecular flexibility index (Phi) is 6.72. The van der Waals surface area contributed by atoms with Gasteiger partial charge in [0.05, 0.1) is 27.9 Å². The molecule has 7 heteroatoms. The molecule has 0 N–H and O–H groups in total. The number of nitrogens with zero attached hydrogens (tertiary/aromatic N) is 3. The summed E-state index contributed by atoms with van der Waals surface area (Å²) < 4.78 is 21.6. The van der Waals surface area contributed by atoms with E-state index in [1.54, 1.807) is 21.3 Å². The summed E-state index contributed by atoms with van der Waals surface area (Å²) in [6.45, 7) is 1.63. The molecule has 1 saturated heterocycles. The summed E-state index contributed by atoms with van der Waals surface area (Å²) in [5.74, 6) is 3.35. The van der Waals surface area contributed by atoms with Gasteiger partial charge < -0.3 is 18.7 Å². The molecule has 7 nitrogen and oxygen atoms in total. The zero-order valence-electron chi connectivity index (χ0n) is 18.3. The number of methoxy groups -OCH3 is 3. The molecule has 1 fully saturated rings. The summed E-state index contributed by atoms with van der Waals surface area (Å²) >= 11 is 0. The van der Waals surface area contributed by atoms with E-state index >= 15 is 0 Å². The molecule has 1 aliphatic rings. The summed E-state index contributed by atoms with van der Waals surface area (Å²) in [7, 11) is 4.92. The van der Waals surface area contributed by atoms with Crippen LogP contribution in [-0.4, -0.2) is 42.9 Å². The number of rotatable bonds is 7. The van der Waals surface area contributed by atoms with E-state index in [9.17, 15) is 0 Å². The van der Waals surface area contributed by atoms with Gasteiger partial charge in [-0.15, -0.1) is 0 Å². The third-order valence-electron chi connectivity index (χ3n) is 5.81. The molecule has 3 aromatic rings. The molecule has 31 heavy (non-hydrogen) atoms. The second-order valence-corrected chi connectivity index (χ2v) is 7.69. The SMILES string of the molecule is COc1ccc([C@@H]2CCCCCN2Cc2nc(-c3ccc(OC)c(OC)c3)no2)cc1. The molecule has 0 spiro atoms. The van der Waals surface area contributed by atoms with Crippen molar-refractivity contribution in [1.29, 1.82) is 0 Å². The lowest BCUT2D eigenvalue weighted by atomic mass is 10.0. The first kappa shape index (κ1) is 21.2.